The second kappa shape index (κ2) is 4.15. The van der Waals surface area contributed by atoms with E-state index in [9.17, 15) is 14.7 Å². The van der Waals surface area contributed by atoms with Gasteiger partial charge in [-0.1, -0.05) is 0 Å². The Morgan fingerprint density at radius 2 is 1.25 bits per heavy atom. The molecule has 0 aromatic heterocycles. The molecule has 0 bridgehead atoms. The van der Waals surface area contributed by atoms with E-state index in [2.05, 4.69) is 0 Å². The summed E-state index contributed by atoms with van der Waals surface area (Å²) in [6.45, 7) is 3.53. The molecule has 0 fully saturated rings. The summed E-state index contributed by atoms with van der Waals surface area (Å²) in [5.41, 5.74) is 0. The number of allylic oxidation sites excluding steroid dienone is 4. The fourth-order valence-electron chi connectivity index (χ4n) is 0.717. The Kier molecular flexibility index (Phi) is 4.08. The Balaban J connectivity index is 4.27. The van der Waals surface area contributed by atoms with E-state index < -0.39 is 7.28 Å². The van der Waals surface area contributed by atoms with Crippen LogP contribution < -0.4 is 0 Å². The van der Waals surface area contributed by atoms with E-state index in [1.807, 2.05) is 0 Å². The molecule has 0 aromatic rings. The zero-order valence-corrected chi connectivity index (χ0v) is 8.41. The van der Waals surface area contributed by atoms with Crippen LogP contribution in [-0.2, 0) is 0 Å². The van der Waals surface area contributed by atoms with Crippen molar-refractivity contribution < 1.29 is 14.7 Å². The summed E-state index contributed by atoms with van der Waals surface area (Å²) in [7, 11) is -4.38. The van der Waals surface area contributed by atoms with Gasteiger partial charge in [0.1, 0.15) is 0 Å². The van der Waals surface area contributed by atoms with Gasteiger partial charge < -0.3 is 0 Å². The number of hydrogen-bond acceptors (Lipinski definition) is 3. The molecule has 0 aliphatic heterocycles. The van der Waals surface area contributed by atoms with Crippen LogP contribution in [0.1, 0.15) is 13.8 Å². The van der Waals surface area contributed by atoms with Crippen LogP contribution in [-0.4, -0.2) is 27.0 Å². The molecular formula is C8H17O3P. The average Bonchev–Trinajstić information content (AvgIpc) is 1.97. The Bertz CT molecular complexity index is 170. The molecule has 0 saturated heterocycles. The van der Waals surface area contributed by atoms with Gasteiger partial charge in [-0.25, -0.2) is 0 Å². The summed E-state index contributed by atoms with van der Waals surface area (Å²) in [6.07, 6.45) is 6.35. The second-order valence-corrected chi connectivity index (χ2v) is 6.25. The molecule has 0 aliphatic rings. The first kappa shape index (κ1) is 11.8. The van der Waals surface area contributed by atoms with Crippen LogP contribution in [0.4, 0.5) is 0 Å². The van der Waals surface area contributed by atoms with E-state index >= 15 is 0 Å². The Morgan fingerprint density at radius 1 is 0.917 bits per heavy atom. The molecule has 0 aromatic carbocycles. The zero-order valence-electron chi connectivity index (χ0n) is 7.51. The molecule has 0 radical (unpaired) electrons. The second-order valence-electron chi connectivity index (χ2n) is 2.84. The fraction of sp³-hybridized carbons (Fsp3) is 0.500. The monoisotopic (exact) mass is 192 g/mol. The predicted molar refractivity (Wildman–Crippen MR) is 52.9 cm³/mol. The van der Waals surface area contributed by atoms with E-state index in [1.165, 1.54) is 0 Å². The summed E-state index contributed by atoms with van der Waals surface area (Å²) in [5.74, 6) is 0. The van der Waals surface area contributed by atoms with Gasteiger partial charge in [0, 0.05) is 0 Å². The van der Waals surface area contributed by atoms with Crippen molar-refractivity contribution in [2.45, 2.75) is 13.8 Å². The van der Waals surface area contributed by atoms with Crippen molar-refractivity contribution >= 4 is 7.28 Å². The first-order valence-electron chi connectivity index (χ1n) is 3.87. The van der Waals surface area contributed by atoms with Crippen molar-refractivity contribution in [1.82, 2.24) is 0 Å². The van der Waals surface area contributed by atoms with Gasteiger partial charge in [0.05, 0.1) is 0 Å². The topological polar surface area (TPSA) is 60.7 Å². The first-order chi connectivity index (χ1) is 5.39. The van der Waals surface area contributed by atoms with Crippen LogP contribution in [0.2, 0.25) is 0 Å². The van der Waals surface area contributed by atoms with Gasteiger partial charge in [-0.2, -0.15) is 0 Å². The summed E-state index contributed by atoms with van der Waals surface area (Å²) < 4.78 is 0. The molecule has 0 amide bonds. The third-order valence-corrected chi connectivity index (χ3v) is 3.35. The third-order valence-electron chi connectivity index (χ3n) is 1.43. The van der Waals surface area contributed by atoms with Crippen LogP contribution in [0.3, 0.4) is 0 Å². The van der Waals surface area contributed by atoms with Gasteiger partial charge in [-0.05, 0) is 0 Å². The van der Waals surface area contributed by atoms with Crippen molar-refractivity contribution in [2.24, 2.45) is 0 Å². The third kappa shape index (κ3) is 5.44. The van der Waals surface area contributed by atoms with Crippen LogP contribution in [0, 0.1) is 0 Å². The summed E-state index contributed by atoms with van der Waals surface area (Å²) in [6, 6.07) is 0. The SMILES string of the molecule is CC=CCP(O)(O)(O)CC=CC. The van der Waals surface area contributed by atoms with Gasteiger partial charge in [0.15, 0.2) is 0 Å². The van der Waals surface area contributed by atoms with Crippen LogP contribution in [0.25, 0.3) is 0 Å². The molecular weight excluding hydrogens is 175 g/mol. The van der Waals surface area contributed by atoms with E-state index in [1.54, 1.807) is 38.2 Å². The standard InChI is InChI=1S/C8H17O3P/c1-3-5-7-12(9,10,11)8-6-4-2/h3-6,9-11H,7-8H2,1-2H3. The Hall–Kier alpha value is -0.210. The van der Waals surface area contributed by atoms with Crippen molar-refractivity contribution in [3.8, 4) is 0 Å². The van der Waals surface area contributed by atoms with E-state index in [0.717, 1.165) is 0 Å². The van der Waals surface area contributed by atoms with Crippen molar-refractivity contribution in [3.05, 3.63) is 24.3 Å². The van der Waals surface area contributed by atoms with Crippen molar-refractivity contribution in [1.29, 1.82) is 0 Å². The molecule has 0 aliphatic carbocycles. The molecule has 4 heteroatoms. The molecule has 3 N–H and O–H groups in total. The molecule has 3 nitrogen and oxygen atoms in total. The van der Waals surface area contributed by atoms with Gasteiger partial charge in [-0.3, -0.25) is 0 Å². The normalized spacial score (nSPS) is 16.9. The molecule has 0 rings (SSSR count). The first-order valence-corrected chi connectivity index (χ1v) is 6.34. The fourth-order valence-corrected chi connectivity index (χ4v) is 2.15. The molecule has 0 saturated carbocycles. The van der Waals surface area contributed by atoms with Crippen LogP contribution in [0.15, 0.2) is 24.3 Å². The Morgan fingerprint density at radius 3 is 1.50 bits per heavy atom. The molecule has 0 heterocycles. The maximum absolute atomic E-state index is 9.38. The minimum absolute atomic E-state index is 0.0631. The molecule has 0 spiro atoms. The van der Waals surface area contributed by atoms with Gasteiger partial charge in [0.2, 0.25) is 0 Å². The molecule has 0 atom stereocenters. The zero-order chi connectivity index (χ0) is 9.69. The predicted octanol–water partition coefficient (Wildman–Crippen LogP) is 1.41. The average molecular weight is 192 g/mol. The minimum atomic E-state index is -4.38. The maximum atomic E-state index is 9.38. The molecule has 0 unspecified atom stereocenters. The van der Waals surface area contributed by atoms with Crippen LogP contribution in [0.5, 0.6) is 0 Å². The summed E-state index contributed by atoms with van der Waals surface area (Å²) in [4.78, 5) is 28.1. The quantitative estimate of drug-likeness (QED) is 0.466. The van der Waals surface area contributed by atoms with E-state index in [-0.39, 0.29) is 12.3 Å². The summed E-state index contributed by atoms with van der Waals surface area (Å²) in [5, 5.41) is 0. The molecule has 72 valence electrons. The van der Waals surface area contributed by atoms with Crippen molar-refractivity contribution in [2.75, 3.05) is 12.3 Å². The van der Waals surface area contributed by atoms with Crippen molar-refractivity contribution in [3.63, 3.8) is 0 Å². The van der Waals surface area contributed by atoms with E-state index in [0.29, 0.717) is 0 Å². The Labute approximate surface area is 73.2 Å². The number of hydrogen-bond donors (Lipinski definition) is 3. The van der Waals surface area contributed by atoms with E-state index in [4.69, 9.17) is 0 Å². The number of rotatable bonds is 4. The summed E-state index contributed by atoms with van der Waals surface area (Å²) >= 11 is 0. The van der Waals surface area contributed by atoms with Gasteiger partial charge in [0.25, 0.3) is 0 Å². The van der Waals surface area contributed by atoms with Gasteiger partial charge in [-0.15, -0.1) is 0 Å². The van der Waals surface area contributed by atoms with Crippen LogP contribution >= 0.6 is 7.28 Å². The molecule has 12 heavy (non-hydrogen) atoms. The van der Waals surface area contributed by atoms with Gasteiger partial charge >= 0.3 is 72.4 Å².